The number of ether oxygens (including phenoxy) is 1. The van der Waals surface area contributed by atoms with Crippen LogP contribution in [0.5, 0.6) is 5.75 Å². The molecule has 30 heavy (non-hydrogen) atoms. The number of rotatable bonds is 10. The molecule has 2 heterocycles. The van der Waals surface area contributed by atoms with Crippen LogP contribution in [-0.4, -0.2) is 49.0 Å². The number of para-hydroxylation sites is 2. The Morgan fingerprint density at radius 1 is 1.20 bits per heavy atom. The van der Waals surface area contributed by atoms with E-state index in [9.17, 15) is 9.59 Å². The van der Waals surface area contributed by atoms with Gasteiger partial charge in [-0.3, -0.25) is 14.5 Å². The second kappa shape index (κ2) is 10.3. The van der Waals surface area contributed by atoms with Crippen molar-refractivity contribution in [3.05, 3.63) is 47.9 Å². The smallest absolute Gasteiger partial charge is 0.287 e. The van der Waals surface area contributed by atoms with Crippen molar-refractivity contribution in [2.45, 2.75) is 46.2 Å². The molecule has 1 aliphatic heterocycles. The molecular weight excluding hydrogens is 382 g/mol. The first-order chi connectivity index (χ1) is 14.5. The minimum absolute atomic E-state index is 0.00390. The van der Waals surface area contributed by atoms with Gasteiger partial charge in [0.15, 0.2) is 12.4 Å². The van der Waals surface area contributed by atoms with Crippen molar-refractivity contribution in [1.82, 2.24) is 10.2 Å². The summed E-state index contributed by atoms with van der Waals surface area (Å²) in [6.07, 6.45) is 1.94. The van der Waals surface area contributed by atoms with E-state index in [1.54, 1.807) is 17.0 Å². The van der Waals surface area contributed by atoms with Gasteiger partial charge >= 0.3 is 0 Å². The van der Waals surface area contributed by atoms with Crippen LogP contribution in [0.1, 0.15) is 49.9 Å². The number of anilines is 1. The molecule has 1 aromatic heterocycles. The number of amides is 2. The summed E-state index contributed by atoms with van der Waals surface area (Å²) in [5.41, 5.74) is 0.706. The molecular formula is C23H31N3O4. The first kappa shape index (κ1) is 21.9. The van der Waals surface area contributed by atoms with Gasteiger partial charge < -0.3 is 19.4 Å². The van der Waals surface area contributed by atoms with Crippen LogP contribution < -0.4 is 15.0 Å². The Kier molecular flexibility index (Phi) is 7.52. The number of carbonyl (C=O) groups excluding carboxylic acids is 2. The van der Waals surface area contributed by atoms with Crippen molar-refractivity contribution < 1.29 is 18.7 Å². The van der Waals surface area contributed by atoms with Crippen molar-refractivity contribution >= 4 is 17.5 Å². The molecule has 0 bridgehead atoms. The van der Waals surface area contributed by atoms with Gasteiger partial charge in [-0.05, 0) is 63.7 Å². The molecule has 0 saturated heterocycles. The third-order valence-corrected chi connectivity index (χ3v) is 5.39. The van der Waals surface area contributed by atoms with E-state index in [0.717, 1.165) is 32.5 Å². The topological polar surface area (TPSA) is 75.0 Å². The van der Waals surface area contributed by atoms with Gasteiger partial charge in [0.1, 0.15) is 11.5 Å². The fourth-order valence-electron chi connectivity index (χ4n) is 3.60. The predicted octanol–water partition coefficient (Wildman–Crippen LogP) is 3.45. The Labute approximate surface area is 178 Å². The van der Waals surface area contributed by atoms with Crippen LogP contribution in [0, 0.1) is 0 Å². The number of benzene rings is 1. The fourth-order valence-corrected chi connectivity index (χ4v) is 3.60. The van der Waals surface area contributed by atoms with Crippen molar-refractivity contribution in [2.24, 2.45) is 0 Å². The zero-order valence-electron chi connectivity index (χ0n) is 18.0. The SMILES string of the molecule is CCN(CC)CCC[C@H](C)NC(=O)c1ccc(CN2C(=O)COc3ccccc32)o1. The standard InChI is InChI=1S/C23H31N3O4/c1-4-25(5-2)14-8-9-17(3)24-23(28)21-13-12-18(30-21)15-26-19-10-6-7-11-20(19)29-16-22(26)27/h6-7,10-13,17H,4-5,8-9,14-16H2,1-3H3,(H,24,28)/t17-/m0/s1. The van der Waals surface area contributed by atoms with Gasteiger partial charge in [-0.1, -0.05) is 26.0 Å². The van der Waals surface area contributed by atoms with Gasteiger partial charge in [0, 0.05) is 6.04 Å². The van der Waals surface area contributed by atoms with Crippen LogP contribution in [0.3, 0.4) is 0 Å². The van der Waals surface area contributed by atoms with E-state index in [1.165, 1.54) is 0 Å². The summed E-state index contributed by atoms with van der Waals surface area (Å²) >= 11 is 0. The normalized spacial score (nSPS) is 14.4. The maximum absolute atomic E-state index is 12.5. The van der Waals surface area contributed by atoms with E-state index < -0.39 is 0 Å². The number of fused-ring (bicyclic) bond motifs is 1. The molecule has 7 heteroatoms. The van der Waals surface area contributed by atoms with E-state index >= 15 is 0 Å². The van der Waals surface area contributed by atoms with Crippen molar-refractivity contribution in [2.75, 3.05) is 31.1 Å². The van der Waals surface area contributed by atoms with E-state index in [1.807, 2.05) is 31.2 Å². The number of hydrogen-bond donors (Lipinski definition) is 1. The number of nitrogens with one attached hydrogen (secondary N) is 1. The van der Waals surface area contributed by atoms with Crippen LogP contribution in [0.15, 0.2) is 40.8 Å². The molecule has 0 radical (unpaired) electrons. The summed E-state index contributed by atoms with van der Waals surface area (Å²) in [7, 11) is 0. The van der Waals surface area contributed by atoms with Gasteiger partial charge in [-0.25, -0.2) is 0 Å². The number of hydrogen-bond acceptors (Lipinski definition) is 5. The van der Waals surface area contributed by atoms with E-state index in [2.05, 4.69) is 24.1 Å². The minimum Gasteiger partial charge on any atom is -0.482 e. The lowest BCUT2D eigenvalue weighted by Gasteiger charge is -2.28. The Morgan fingerprint density at radius 3 is 2.73 bits per heavy atom. The molecule has 0 aliphatic carbocycles. The highest BCUT2D eigenvalue weighted by atomic mass is 16.5. The summed E-state index contributed by atoms with van der Waals surface area (Å²) in [6, 6.07) is 10.9. The van der Waals surface area contributed by atoms with Crippen LogP contribution >= 0.6 is 0 Å². The summed E-state index contributed by atoms with van der Waals surface area (Å²) in [6.45, 7) is 9.70. The quantitative estimate of drug-likeness (QED) is 0.646. The highest BCUT2D eigenvalue weighted by molar-refractivity contribution is 5.97. The Hall–Kier alpha value is -2.80. The van der Waals surface area contributed by atoms with E-state index in [0.29, 0.717) is 17.2 Å². The first-order valence-corrected chi connectivity index (χ1v) is 10.7. The lowest BCUT2D eigenvalue weighted by Crippen LogP contribution is -2.38. The second-order valence-electron chi connectivity index (χ2n) is 7.55. The third-order valence-electron chi connectivity index (χ3n) is 5.39. The predicted molar refractivity (Wildman–Crippen MR) is 116 cm³/mol. The maximum atomic E-state index is 12.5. The maximum Gasteiger partial charge on any atom is 0.287 e. The van der Waals surface area contributed by atoms with Crippen LogP contribution in [0.2, 0.25) is 0 Å². The van der Waals surface area contributed by atoms with Gasteiger partial charge in [0.2, 0.25) is 0 Å². The van der Waals surface area contributed by atoms with Gasteiger partial charge in [0.25, 0.3) is 11.8 Å². The zero-order chi connectivity index (χ0) is 21.5. The summed E-state index contributed by atoms with van der Waals surface area (Å²) in [5.74, 6) is 1.11. The largest absolute Gasteiger partial charge is 0.482 e. The third kappa shape index (κ3) is 5.42. The Balaban J connectivity index is 1.55. The monoisotopic (exact) mass is 413 g/mol. The van der Waals surface area contributed by atoms with Gasteiger partial charge in [-0.2, -0.15) is 0 Å². The number of carbonyl (C=O) groups is 2. The fraction of sp³-hybridized carbons (Fsp3) is 0.478. The molecule has 1 aromatic carbocycles. The van der Waals surface area contributed by atoms with Crippen LogP contribution in [0.4, 0.5) is 5.69 Å². The average molecular weight is 414 g/mol. The number of nitrogens with zero attached hydrogens (tertiary/aromatic N) is 2. The Morgan fingerprint density at radius 2 is 1.97 bits per heavy atom. The minimum atomic E-state index is -0.231. The van der Waals surface area contributed by atoms with E-state index in [4.69, 9.17) is 9.15 Å². The average Bonchev–Trinajstić information content (AvgIpc) is 3.22. The lowest BCUT2D eigenvalue weighted by atomic mass is 10.1. The second-order valence-corrected chi connectivity index (χ2v) is 7.55. The van der Waals surface area contributed by atoms with Crippen molar-refractivity contribution in [3.8, 4) is 5.75 Å². The van der Waals surface area contributed by atoms with Crippen molar-refractivity contribution in [3.63, 3.8) is 0 Å². The van der Waals surface area contributed by atoms with Gasteiger partial charge in [0.05, 0.1) is 12.2 Å². The molecule has 0 spiro atoms. The molecule has 0 saturated carbocycles. The summed E-state index contributed by atoms with van der Waals surface area (Å²) in [4.78, 5) is 28.8. The zero-order valence-corrected chi connectivity index (χ0v) is 18.0. The summed E-state index contributed by atoms with van der Waals surface area (Å²) in [5, 5.41) is 3.00. The molecule has 1 N–H and O–H groups in total. The molecule has 1 aliphatic rings. The first-order valence-electron chi connectivity index (χ1n) is 10.7. The molecule has 1 atom stereocenters. The molecule has 2 amide bonds. The number of furan rings is 1. The van der Waals surface area contributed by atoms with Crippen molar-refractivity contribution in [1.29, 1.82) is 0 Å². The molecule has 0 unspecified atom stereocenters. The van der Waals surface area contributed by atoms with Crippen LogP contribution in [-0.2, 0) is 11.3 Å². The molecule has 162 valence electrons. The lowest BCUT2D eigenvalue weighted by molar-refractivity contribution is -0.121. The van der Waals surface area contributed by atoms with Gasteiger partial charge in [-0.15, -0.1) is 0 Å². The molecule has 0 fully saturated rings. The van der Waals surface area contributed by atoms with E-state index in [-0.39, 0.29) is 36.8 Å². The van der Waals surface area contributed by atoms with Crippen LogP contribution in [0.25, 0.3) is 0 Å². The highest BCUT2D eigenvalue weighted by Crippen LogP contribution is 2.32. The molecule has 7 nitrogen and oxygen atoms in total. The highest BCUT2D eigenvalue weighted by Gasteiger charge is 2.26. The Bertz CT molecular complexity index is 860. The molecule has 3 rings (SSSR count). The summed E-state index contributed by atoms with van der Waals surface area (Å²) < 4.78 is 11.2. The molecule has 2 aromatic rings.